The molecule has 2 amide bonds. The largest absolute Gasteiger partial charge is 0.378 e. The molecule has 1 aromatic heterocycles. The molecule has 6 heteroatoms. The summed E-state index contributed by atoms with van der Waals surface area (Å²) in [5, 5.41) is 1.06. The number of fused-ring (bicyclic) bond motifs is 2. The van der Waals surface area contributed by atoms with E-state index in [9.17, 15) is 9.59 Å². The molecule has 1 atom stereocenters. The molecule has 1 N–H and O–H groups in total. The summed E-state index contributed by atoms with van der Waals surface area (Å²) >= 11 is 0. The number of H-pyrrole nitrogens is 1. The van der Waals surface area contributed by atoms with Gasteiger partial charge in [-0.3, -0.25) is 9.59 Å². The van der Waals surface area contributed by atoms with Crippen LogP contribution in [0.3, 0.4) is 0 Å². The van der Waals surface area contributed by atoms with Crippen molar-refractivity contribution in [3.8, 4) is 11.3 Å². The molecule has 1 saturated heterocycles. The van der Waals surface area contributed by atoms with Crippen molar-refractivity contribution in [3.63, 3.8) is 0 Å². The fraction of sp³-hybridized carbons (Fsp3) is 0.241. The Morgan fingerprint density at radius 3 is 2.49 bits per heavy atom. The van der Waals surface area contributed by atoms with E-state index in [1.807, 2.05) is 36.4 Å². The van der Waals surface area contributed by atoms with Crippen LogP contribution in [0.2, 0.25) is 0 Å². The molecule has 0 radical (unpaired) electrons. The summed E-state index contributed by atoms with van der Waals surface area (Å²) in [4.78, 5) is 34.1. The Labute approximate surface area is 204 Å². The zero-order valence-corrected chi connectivity index (χ0v) is 19.7. The van der Waals surface area contributed by atoms with Gasteiger partial charge in [0.05, 0.1) is 24.9 Å². The molecule has 6 nitrogen and oxygen atoms in total. The molecule has 0 aliphatic carbocycles. The minimum absolute atomic E-state index is 0.0328. The fourth-order valence-electron chi connectivity index (χ4n) is 5.30. The van der Waals surface area contributed by atoms with E-state index >= 15 is 0 Å². The first-order valence-electron chi connectivity index (χ1n) is 12.0. The van der Waals surface area contributed by atoms with Gasteiger partial charge in [-0.2, -0.15) is 0 Å². The third kappa shape index (κ3) is 3.70. The third-order valence-electron chi connectivity index (χ3n) is 7.09. The molecule has 2 aliphatic heterocycles. The summed E-state index contributed by atoms with van der Waals surface area (Å²) in [6.07, 6.45) is 0. The van der Waals surface area contributed by atoms with Gasteiger partial charge in [0, 0.05) is 35.1 Å². The van der Waals surface area contributed by atoms with Crippen LogP contribution in [-0.4, -0.2) is 59.4 Å². The molecule has 4 aromatic rings. The second-order valence-corrected chi connectivity index (χ2v) is 9.24. The molecule has 0 spiro atoms. The first-order chi connectivity index (χ1) is 17.1. The van der Waals surface area contributed by atoms with Gasteiger partial charge in [-0.05, 0) is 30.2 Å². The van der Waals surface area contributed by atoms with Crippen LogP contribution in [0.5, 0.6) is 0 Å². The minimum atomic E-state index is -0.365. The normalized spacial score (nSPS) is 17.7. The van der Waals surface area contributed by atoms with Crippen molar-refractivity contribution in [2.45, 2.75) is 13.0 Å². The van der Waals surface area contributed by atoms with E-state index in [4.69, 9.17) is 4.74 Å². The van der Waals surface area contributed by atoms with Gasteiger partial charge in [-0.1, -0.05) is 66.2 Å². The first-order valence-corrected chi connectivity index (χ1v) is 12.0. The van der Waals surface area contributed by atoms with Crippen molar-refractivity contribution in [2.24, 2.45) is 0 Å². The number of nitrogens with one attached hydrogen (secondary N) is 1. The smallest absolute Gasteiger partial charge is 0.255 e. The SMILES string of the molecule is Cc1ccc(-c2[nH]c3ccccc3c2[C@@H]2c3ccccc3C(=O)N2CC(=O)N2CCOCC2)cc1. The number of nitrogens with zero attached hydrogens (tertiary/aromatic N) is 2. The van der Waals surface area contributed by atoms with Crippen LogP contribution in [0, 0.1) is 6.92 Å². The maximum atomic E-state index is 13.7. The van der Waals surface area contributed by atoms with Crippen LogP contribution in [-0.2, 0) is 9.53 Å². The number of hydrogen-bond donors (Lipinski definition) is 1. The highest BCUT2D eigenvalue weighted by molar-refractivity contribution is 6.03. The quantitative estimate of drug-likeness (QED) is 0.481. The van der Waals surface area contributed by atoms with Gasteiger partial charge >= 0.3 is 0 Å². The van der Waals surface area contributed by atoms with Gasteiger partial charge in [-0.25, -0.2) is 0 Å². The number of ether oxygens (including phenoxy) is 1. The summed E-state index contributed by atoms with van der Waals surface area (Å²) in [6.45, 7) is 4.28. The predicted octanol–water partition coefficient (Wildman–Crippen LogP) is 4.55. The number of carbonyl (C=O) groups excluding carboxylic acids is 2. The maximum Gasteiger partial charge on any atom is 0.255 e. The van der Waals surface area contributed by atoms with Gasteiger partial charge < -0.3 is 19.5 Å². The second kappa shape index (κ2) is 8.71. The molecule has 3 heterocycles. The maximum absolute atomic E-state index is 13.7. The van der Waals surface area contributed by atoms with E-state index in [1.165, 1.54) is 5.56 Å². The molecule has 3 aromatic carbocycles. The average Bonchev–Trinajstić information content (AvgIpc) is 3.40. The average molecular weight is 466 g/mol. The summed E-state index contributed by atoms with van der Waals surface area (Å²) in [5.41, 5.74) is 6.85. The van der Waals surface area contributed by atoms with Crippen LogP contribution in [0.25, 0.3) is 22.2 Å². The van der Waals surface area contributed by atoms with Crippen LogP contribution >= 0.6 is 0 Å². The van der Waals surface area contributed by atoms with E-state index < -0.39 is 0 Å². The topological polar surface area (TPSA) is 65.6 Å². The van der Waals surface area contributed by atoms with Crippen LogP contribution in [0.4, 0.5) is 0 Å². The standard InChI is InChI=1S/C29H27N3O3/c1-19-10-12-20(13-11-19)27-26(23-8-4-5-9-24(23)30-27)28-21-6-2-3-7-22(21)29(34)32(28)18-25(33)31-14-16-35-17-15-31/h2-13,28,30H,14-18H2,1H3/t28-/m0/s1. The highest BCUT2D eigenvalue weighted by Crippen LogP contribution is 2.45. The number of amides is 2. The minimum Gasteiger partial charge on any atom is -0.378 e. The molecular formula is C29H27N3O3. The van der Waals surface area contributed by atoms with Crippen LogP contribution in [0.15, 0.2) is 72.8 Å². The van der Waals surface area contributed by atoms with Gasteiger partial charge in [0.1, 0.15) is 6.54 Å². The lowest BCUT2D eigenvalue weighted by Gasteiger charge is -2.31. The fourth-order valence-corrected chi connectivity index (χ4v) is 5.30. The number of rotatable bonds is 4. The molecule has 2 aliphatic rings. The Morgan fingerprint density at radius 2 is 1.69 bits per heavy atom. The van der Waals surface area contributed by atoms with Crippen molar-refractivity contribution < 1.29 is 14.3 Å². The van der Waals surface area contributed by atoms with E-state index in [1.54, 1.807) is 9.80 Å². The number of aromatic amines is 1. The van der Waals surface area contributed by atoms with Gasteiger partial charge in [0.25, 0.3) is 5.91 Å². The molecule has 1 fully saturated rings. The number of para-hydroxylation sites is 1. The number of benzene rings is 3. The second-order valence-electron chi connectivity index (χ2n) is 9.24. The molecule has 35 heavy (non-hydrogen) atoms. The van der Waals surface area contributed by atoms with Crippen molar-refractivity contribution in [1.82, 2.24) is 14.8 Å². The summed E-state index contributed by atoms with van der Waals surface area (Å²) in [5.74, 6) is -0.150. The van der Waals surface area contributed by atoms with Crippen molar-refractivity contribution in [1.29, 1.82) is 0 Å². The Bertz CT molecular complexity index is 1420. The molecule has 0 saturated carbocycles. The number of aryl methyl sites for hydroxylation is 1. The highest BCUT2D eigenvalue weighted by Gasteiger charge is 2.41. The van der Waals surface area contributed by atoms with Crippen LogP contribution in [0.1, 0.15) is 33.1 Å². The Morgan fingerprint density at radius 1 is 0.971 bits per heavy atom. The van der Waals surface area contributed by atoms with Gasteiger partial charge in [0.15, 0.2) is 0 Å². The van der Waals surface area contributed by atoms with E-state index in [0.29, 0.717) is 31.9 Å². The predicted molar refractivity (Wildman–Crippen MR) is 135 cm³/mol. The lowest BCUT2D eigenvalue weighted by atomic mass is 9.93. The molecule has 176 valence electrons. The lowest BCUT2D eigenvalue weighted by Crippen LogP contribution is -2.46. The first kappa shape index (κ1) is 21.6. The number of hydrogen-bond acceptors (Lipinski definition) is 3. The molecular weight excluding hydrogens is 438 g/mol. The molecule has 0 unspecified atom stereocenters. The Kier molecular flexibility index (Phi) is 5.38. The summed E-state index contributed by atoms with van der Waals surface area (Å²) < 4.78 is 5.41. The number of morpholine rings is 1. The van der Waals surface area contributed by atoms with Gasteiger partial charge in [-0.15, -0.1) is 0 Å². The van der Waals surface area contributed by atoms with E-state index in [0.717, 1.165) is 33.3 Å². The zero-order chi connectivity index (χ0) is 23.9. The van der Waals surface area contributed by atoms with E-state index in [-0.39, 0.29) is 24.4 Å². The van der Waals surface area contributed by atoms with E-state index in [2.05, 4.69) is 48.3 Å². The Balaban J connectivity index is 1.51. The number of aromatic nitrogens is 1. The monoisotopic (exact) mass is 465 g/mol. The van der Waals surface area contributed by atoms with Crippen molar-refractivity contribution in [2.75, 3.05) is 32.8 Å². The van der Waals surface area contributed by atoms with Gasteiger partial charge in [0.2, 0.25) is 5.91 Å². The molecule has 0 bridgehead atoms. The third-order valence-corrected chi connectivity index (χ3v) is 7.09. The highest BCUT2D eigenvalue weighted by atomic mass is 16.5. The zero-order valence-electron chi connectivity index (χ0n) is 19.7. The summed E-state index contributed by atoms with van der Waals surface area (Å²) in [6, 6.07) is 23.9. The summed E-state index contributed by atoms with van der Waals surface area (Å²) in [7, 11) is 0. The van der Waals surface area contributed by atoms with Crippen LogP contribution < -0.4 is 0 Å². The van der Waals surface area contributed by atoms with Crippen molar-refractivity contribution >= 4 is 22.7 Å². The Hall–Kier alpha value is -3.90. The van der Waals surface area contributed by atoms with Crippen molar-refractivity contribution in [3.05, 3.63) is 95.1 Å². The lowest BCUT2D eigenvalue weighted by molar-refractivity contribution is -0.136. The molecule has 6 rings (SSSR count). The number of carbonyl (C=O) groups is 2.